The lowest BCUT2D eigenvalue weighted by atomic mass is 10.0. The number of carbonyl (C=O) groups is 1. The van der Waals surface area contributed by atoms with E-state index in [-0.39, 0.29) is 11.9 Å². The Morgan fingerprint density at radius 2 is 2.50 bits per heavy atom. The van der Waals surface area contributed by atoms with E-state index in [9.17, 15) is 4.79 Å². The molecule has 0 aromatic heterocycles. The van der Waals surface area contributed by atoms with E-state index < -0.39 is 0 Å². The summed E-state index contributed by atoms with van der Waals surface area (Å²) in [6, 6.07) is 0. The monoisotopic (exact) mass is 140 g/mol. The Labute approximate surface area is 58.6 Å². The molecule has 3 heteroatoms. The van der Waals surface area contributed by atoms with Gasteiger partial charge in [-0.05, 0) is 6.42 Å². The molecule has 0 N–H and O–H groups in total. The van der Waals surface area contributed by atoms with E-state index in [1.807, 2.05) is 0 Å². The second-order valence-corrected chi connectivity index (χ2v) is 2.47. The Balaban J connectivity index is 2.23. The molecule has 0 spiro atoms. The summed E-state index contributed by atoms with van der Waals surface area (Å²) in [5.74, 6) is 0.869. The molecule has 1 aliphatic heterocycles. The highest BCUT2D eigenvalue weighted by atomic mass is 16.7. The van der Waals surface area contributed by atoms with Crippen LogP contribution < -0.4 is 0 Å². The first-order valence-corrected chi connectivity index (χ1v) is 3.35. The predicted molar refractivity (Wildman–Crippen MR) is 33.1 cm³/mol. The second kappa shape index (κ2) is 2.09. The first-order chi connectivity index (χ1) is 4.86. The minimum absolute atomic E-state index is 0.0673. The third-order valence-electron chi connectivity index (χ3n) is 1.77. The molecule has 3 nitrogen and oxygen atoms in total. The van der Waals surface area contributed by atoms with Gasteiger partial charge in [0.1, 0.15) is 11.9 Å². The third kappa shape index (κ3) is 0.827. The van der Waals surface area contributed by atoms with Gasteiger partial charge in [-0.15, -0.1) is 0 Å². The van der Waals surface area contributed by atoms with Gasteiger partial charge in [0.25, 0.3) is 0 Å². The zero-order chi connectivity index (χ0) is 6.97. The van der Waals surface area contributed by atoms with Crippen LogP contribution >= 0.6 is 0 Å². The minimum atomic E-state index is 0.0673. The van der Waals surface area contributed by atoms with Crippen LogP contribution in [0.1, 0.15) is 12.8 Å². The van der Waals surface area contributed by atoms with Gasteiger partial charge in [-0.1, -0.05) is 0 Å². The van der Waals surface area contributed by atoms with Gasteiger partial charge >= 0.3 is 0 Å². The van der Waals surface area contributed by atoms with Crippen molar-refractivity contribution in [1.82, 2.24) is 0 Å². The molecule has 0 saturated carbocycles. The first-order valence-electron chi connectivity index (χ1n) is 3.35. The van der Waals surface area contributed by atoms with Gasteiger partial charge in [-0.3, -0.25) is 4.79 Å². The highest BCUT2D eigenvalue weighted by molar-refractivity contribution is 5.91. The maximum Gasteiger partial charge on any atom is 0.189 e. The van der Waals surface area contributed by atoms with Crippen LogP contribution in [0.15, 0.2) is 11.8 Å². The van der Waals surface area contributed by atoms with Crippen molar-refractivity contribution in [3.63, 3.8) is 0 Å². The normalized spacial score (nSPS) is 31.0. The molecule has 0 aromatic rings. The fourth-order valence-corrected chi connectivity index (χ4v) is 1.22. The summed E-state index contributed by atoms with van der Waals surface area (Å²) in [7, 11) is 0. The maximum absolute atomic E-state index is 10.8. The van der Waals surface area contributed by atoms with Crippen molar-refractivity contribution in [2.45, 2.75) is 18.9 Å². The molecule has 0 bridgehead atoms. The molecule has 0 radical (unpaired) electrons. The zero-order valence-electron chi connectivity index (χ0n) is 5.50. The van der Waals surface area contributed by atoms with Gasteiger partial charge in [0.2, 0.25) is 0 Å². The number of hydrogen-bond acceptors (Lipinski definition) is 3. The van der Waals surface area contributed by atoms with Gasteiger partial charge in [-0.25, -0.2) is 0 Å². The number of ketones is 1. The van der Waals surface area contributed by atoms with Gasteiger partial charge in [-0.2, -0.15) is 0 Å². The number of allylic oxidation sites excluding steroid dienone is 1. The quantitative estimate of drug-likeness (QED) is 0.494. The summed E-state index contributed by atoms with van der Waals surface area (Å²) in [4.78, 5) is 10.8. The molecular formula is C7H8O3. The average molecular weight is 140 g/mol. The molecule has 1 heterocycles. The molecule has 0 amide bonds. The van der Waals surface area contributed by atoms with E-state index >= 15 is 0 Å². The number of hydrogen-bond donors (Lipinski definition) is 0. The van der Waals surface area contributed by atoms with E-state index in [0.29, 0.717) is 13.2 Å². The summed E-state index contributed by atoms with van der Waals surface area (Å²) < 4.78 is 10.2. The van der Waals surface area contributed by atoms with Crippen LogP contribution in [-0.4, -0.2) is 18.7 Å². The van der Waals surface area contributed by atoms with Crippen LogP contribution in [0.5, 0.6) is 0 Å². The van der Waals surface area contributed by atoms with E-state index in [2.05, 4.69) is 0 Å². The minimum Gasteiger partial charge on any atom is -0.469 e. The standard InChI is InChI=1S/C7H8O3/c8-5-1-2-6-7(3-5)10-4-9-6/h3,6H,1-2,4H2. The fourth-order valence-electron chi connectivity index (χ4n) is 1.22. The van der Waals surface area contributed by atoms with Crippen LogP contribution in [0.4, 0.5) is 0 Å². The Hall–Kier alpha value is -0.830. The number of rotatable bonds is 0. The largest absolute Gasteiger partial charge is 0.469 e. The molecule has 0 aromatic carbocycles. The van der Waals surface area contributed by atoms with E-state index in [1.165, 1.54) is 0 Å². The van der Waals surface area contributed by atoms with Crippen molar-refractivity contribution in [2.24, 2.45) is 0 Å². The molecule has 1 atom stereocenters. The number of fused-ring (bicyclic) bond motifs is 1. The molecule has 1 unspecified atom stereocenters. The topological polar surface area (TPSA) is 35.5 Å². The molecular weight excluding hydrogens is 132 g/mol. The molecule has 2 aliphatic rings. The summed E-state index contributed by atoms with van der Waals surface area (Å²) in [6.45, 7) is 0.309. The molecule has 54 valence electrons. The highest BCUT2D eigenvalue weighted by Gasteiger charge is 2.28. The summed E-state index contributed by atoms with van der Waals surface area (Å²) in [6.07, 6.45) is 2.99. The SMILES string of the molecule is O=C1C=C2OCOC2CC1. The van der Waals surface area contributed by atoms with E-state index in [1.54, 1.807) is 6.08 Å². The lowest BCUT2D eigenvalue weighted by molar-refractivity contribution is -0.115. The van der Waals surface area contributed by atoms with Crippen molar-refractivity contribution >= 4 is 5.78 Å². The lowest BCUT2D eigenvalue weighted by Gasteiger charge is -2.11. The van der Waals surface area contributed by atoms with Crippen LogP contribution in [-0.2, 0) is 14.3 Å². The Morgan fingerprint density at radius 3 is 3.40 bits per heavy atom. The molecule has 1 saturated heterocycles. The molecule has 10 heavy (non-hydrogen) atoms. The molecule has 2 rings (SSSR count). The second-order valence-electron chi connectivity index (χ2n) is 2.47. The van der Waals surface area contributed by atoms with Crippen molar-refractivity contribution in [3.05, 3.63) is 11.8 Å². The smallest absolute Gasteiger partial charge is 0.189 e. The Kier molecular flexibility index (Phi) is 1.24. The number of ether oxygens (including phenoxy) is 2. The maximum atomic E-state index is 10.8. The van der Waals surface area contributed by atoms with Gasteiger partial charge in [0, 0.05) is 12.5 Å². The van der Waals surface area contributed by atoms with Crippen molar-refractivity contribution in [3.8, 4) is 0 Å². The van der Waals surface area contributed by atoms with Crippen molar-refractivity contribution < 1.29 is 14.3 Å². The van der Waals surface area contributed by atoms with E-state index in [0.717, 1.165) is 12.2 Å². The van der Waals surface area contributed by atoms with Gasteiger partial charge in [0.15, 0.2) is 12.6 Å². The van der Waals surface area contributed by atoms with Crippen LogP contribution in [0, 0.1) is 0 Å². The van der Waals surface area contributed by atoms with Crippen LogP contribution in [0.25, 0.3) is 0 Å². The average Bonchev–Trinajstić information content (AvgIpc) is 2.33. The zero-order valence-corrected chi connectivity index (χ0v) is 5.50. The lowest BCUT2D eigenvalue weighted by Crippen LogP contribution is -2.15. The van der Waals surface area contributed by atoms with E-state index in [4.69, 9.17) is 9.47 Å². The number of carbonyl (C=O) groups excluding carboxylic acids is 1. The molecule has 1 fully saturated rings. The predicted octanol–water partition coefficient (Wildman–Crippen LogP) is 0.606. The Bertz CT molecular complexity index is 195. The Morgan fingerprint density at radius 1 is 1.60 bits per heavy atom. The summed E-state index contributed by atoms with van der Waals surface area (Å²) >= 11 is 0. The fraction of sp³-hybridized carbons (Fsp3) is 0.571. The summed E-state index contributed by atoms with van der Waals surface area (Å²) in [5, 5.41) is 0. The third-order valence-corrected chi connectivity index (χ3v) is 1.77. The summed E-state index contributed by atoms with van der Waals surface area (Å²) in [5.41, 5.74) is 0. The van der Waals surface area contributed by atoms with Gasteiger partial charge in [0.05, 0.1) is 0 Å². The van der Waals surface area contributed by atoms with Crippen LogP contribution in [0.3, 0.4) is 0 Å². The van der Waals surface area contributed by atoms with Crippen molar-refractivity contribution in [2.75, 3.05) is 6.79 Å². The van der Waals surface area contributed by atoms with Crippen molar-refractivity contribution in [1.29, 1.82) is 0 Å². The van der Waals surface area contributed by atoms with Crippen LogP contribution in [0.2, 0.25) is 0 Å². The molecule has 1 aliphatic carbocycles. The van der Waals surface area contributed by atoms with Gasteiger partial charge < -0.3 is 9.47 Å². The first kappa shape index (κ1) is 5.92. The highest BCUT2D eigenvalue weighted by Crippen LogP contribution is 2.25.